The molecule has 2 aliphatic rings. The van der Waals surface area contributed by atoms with Crippen molar-refractivity contribution in [2.24, 2.45) is 5.92 Å². The maximum atomic E-state index is 12.6. The van der Waals surface area contributed by atoms with Gasteiger partial charge in [0.15, 0.2) is 23.5 Å². The number of ether oxygens (including phenoxy) is 2. The van der Waals surface area contributed by atoms with Crippen molar-refractivity contribution in [1.29, 1.82) is 0 Å². The van der Waals surface area contributed by atoms with Gasteiger partial charge in [-0.2, -0.15) is 0 Å². The monoisotopic (exact) mass is 298 g/mol. The predicted octanol–water partition coefficient (Wildman–Crippen LogP) is 2.62. The van der Waals surface area contributed by atoms with Crippen LogP contribution in [0.4, 0.5) is 0 Å². The van der Waals surface area contributed by atoms with Crippen molar-refractivity contribution in [3.63, 3.8) is 0 Å². The smallest absolute Gasteiger partial charge is 0.170 e. The topological polar surface area (TPSA) is 38.5 Å². The fourth-order valence-corrected chi connectivity index (χ4v) is 2.96. The molecule has 1 atom stereocenters. The highest BCUT2D eigenvalue weighted by molar-refractivity contribution is 6.04. The maximum Gasteiger partial charge on any atom is 0.170 e. The van der Waals surface area contributed by atoms with Gasteiger partial charge in [0.05, 0.1) is 20.6 Å². The lowest BCUT2D eigenvalue weighted by Crippen LogP contribution is -2.09. The minimum absolute atomic E-state index is 0.0942. The molecule has 114 valence electrons. The molecule has 1 aliphatic heterocycles. The summed E-state index contributed by atoms with van der Waals surface area (Å²) in [5.41, 5.74) is 2.97. The number of rotatable bonds is 3. The number of allylic oxidation sites excluding steroid dienone is 3. The number of carbonyl (C=O) groups is 1. The number of fused-ring (bicyclic) bond motifs is 1. The summed E-state index contributed by atoms with van der Waals surface area (Å²) >= 11 is 0. The molecule has 1 heterocycles. The Labute approximate surface area is 130 Å². The molecule has 0 fully saturated rings. The van der Waals surface area contributed by atoms with E-state index in [0.29, 0.717) is 11.5 Å². The lowest BCUT2D eigenvalue weighted by Gasteiger charge is -2.09. The van der Waals surface area contributed by atoms with Crippen LogP contribution in [-0.2, 0) is 6.42 Å². The number of ketones is 1. The van der Waals surface area contributed by atoms with Gasteiger partial charge in [0.2, 0.25) is 0 Å². The van der Waals surface area contributed by atoms with Crippen LogP contribution in [0.5, 0.6) is 11.5 Å². The zero-order valence-electron chi connectivity index (χ0n) is 13.1. The van der Waals surface area contributed by atoms with Gasteiger partial charge in [0, 0.05) is 17.6 Å². The van der Waals surface area contributed by atoms with E-state index in [-0.39, 0.29) is 11.7 Å². The van der Waals surface area contributed by atoms with E-state index in [1.165, 1.54) is 5.57 Å². The van der Waals surface area contributed by atoms with Gasteiger partial charge in [-0.05, 0) is 29.7 Å². The number of nitrogens with zero attached hydrogens (tertiary/aromatic N) is 1. The molecule has 1 aromatic rings. The van der Waals surface area contributed by atoms with E-state index >= 15 is 0 Å². The summed E-state index contributed by atoms with van der Waals surface area (Å²) in [4.78, 5) is 12.6. The SMILES string of the molecule is COc1cc2c(cc1OC)C(=O)C(C=C1C=C[N+](C)=CC1)C2. The van der Waals surface area contributed by atoms with Gasteiger partial charge in [0.25, 0.3) is 0 Å². The van der Waals surface area contributed by atoms with Gasteiger partial charge >= 0.3 is 0 Å². The largest absolute Gasteiger partial charge is 0.493 e. The normalized spacial score (nSPS) is 21.8. The van der Waals surface area contributed by atoms with Crippen LogP contribution in [0.3, 0.4) is 0 Å². The third-order valence-corrected chi connectivity index (χ3v) is 4.21. The Balaban J connectivity index is 1.88. The van der Waals surface area contributed by atoms with E-state index in [4.69, 9.17) is 9.47 Å². The van der Waals surface area contributed by atoms with Crippen LogP contribution < -0.4 is 9.47 Å². The number of Topliss-reactive ketones (excluding diaryl/α,β-unsaturated/α-hetero) is 1. The van der Waals surface area contributed by atoms with Crippen LogP contribution in [0.25, 0.3) is 0 Å². The lowest BCUT2D eigenvalue weighted by atomic mass is 9.99. The van der Waals surface area contributed by atoms with Crippen LogP contribution in [-0.4, -0.2) is 37.8 Å². The Hall–Kier alpha value is -2.36. The Morgan fingerprint density at radius 1 is 1.23 bits per heavy atom. The van der Waals surface area contributed by atoms with Gasteiger partial charge in [-0.1, -0.05) is 6.08 Å². The zero-order chi connectivity index (χ0) is 15.7. The van der Waals surface area contributed by atoms with E-state index < -0.39 is 0 Å². The Kier molecular flexibility index (Phi) is 3.84. The van der Waals surface area contributed by atoms with E-state index in [2.05, 4.69) is 18.4 Å². The highest BCUT2D eigenvalue weighted by atomic mass is 16.5. The first-order chi connectivity index (χ1) is 10.6. The molecular weight excluding hydrogens is 278 g/mol. The first-order valence-corrected chi connectivity index (χ1v) is 7.35. The number of hydrogen-bond donors (Lipinski definition) is 0. The average Bonchev–Trinajstić information content (AvgIpc) is 2.83. The number of hydrogen-bond acceptors (Lipinski definition) is 3. The van der Waals surface area contributed by atoms with Crippen LogP contribution in [0.2, 0.25) is 0 Å². The van der Waals surface area contributed by atoms with E-state index in [1.807, 2.05) is 23.9 Å². The number of carbonyl (C=O) groups excluding carboxylic acids is 1. The molecule has 0 saturated heterocycles. The van der Waals surface area contributed by atoms with Crippen molar-refractivity contribution >= 4 is 12.0 Å². The second-order valence-corrected chi connectivity index (χ2v) is 5.65. The molecule has 0 bridgehead atoms. The molecule has 0 amide bonds. The Bertz CT molecular complexity index is 713. The van der Waals surface area contributed by atoms with E-state index in [1.54, 1.807) is 20.3 Å². The summed E-state index contributed by atoms with van der Waals surface area (Å²) in [7, 11) is 5.20. The summed E-state index contributed by atoms with van der Waals surface area (Å²) in [6.07, 6.45) is 9.85. The molecule has 22 heavy (non-hydrogen) atoms. The van der Waals surface area contributed by atoms with Gasteiger partial charge in [-0.25, -0.2) is 4.58 Å². The predicted molar refractivity (Wildman–Crippen MR) is 85.2 cm³/mol. The van der Waals surface area contributed by atoms with Crippen molar-refractivity contribution in [2.45, 2.75) is 12.8 Å². The highest BCUT2D eigenvalue weighted by Crippen LogP contribution is 2.37. The van der Waals surface area contributed by atoms with Crippen LogP contribution in [0.15, 0.2) is 36.1 Å². The maximum absolute atomic E-state index is 12.6. The lowest BCUT2D eigenvalue weighted by molar-refractivity contribution is -0.419. The molecule has 0 N–H and O–H groups in total. The number of methoxy groups -OCH3 is 2. The van der Waals surface area contributed by atoms with Gasteiger partial charge < -0.3 is 9.47 Å². The molecule has 0 radical (unpaired) electrons. The molecular formula is C18H20NO3+. The fourth-order valence-electron chi connectivity index (χ4n) is 2.96. The Morgan fingerprint density at radius 3 is 2.59 bits per heavy atom. The van der Waals surface area contributed by atoms with Gasteiger partial charge in [-0.3, -0.25) is 4.79 Å². The molecule has 1 unspecified atom stereocenters. The standard InChI is InChI=1S/C18H20NO3/c1-19-6-4-12(5-7-19)8-14-9-13-10-16(21-2)17(22-3)11-15(13)18(14)20/h4,6-8,10-11,14H,5,9H2,1-3H3/q+1. The quantitative estimate of drug-likeness (QED) is 0.805. The average molecular weight is 298 g/mol. The third kappa shape index (κ3) is 2.56. The molecule has 0 spiro atoms. The van der Waals surface area contributed by atoms with E-state index in [9.17, 15) is 4.79 Å². The summed E-state index contributed by atoms with van der Waals surface area (Å²) in [6.45, 7) is 0. The molecule has 3 rings (SSSR count). The van der Waals surface area contributed by atoms with Crippen molar-refractivity contribution in [1.82, 2.24) is 0 Å². The minimum Gasteiger partial charge on any atom is -0.493 e. The molecule has 0 saturated carbocycles. The third-order valence-electron chi connectivity index (χ3n) is 4.21. The zero-order valence-corrected chi connectivity index (χ0v) is 13.1. The van der Waals surface area contributed by atoms with Crippen molar-refractivity contribution in [2.75, 3.05) is 21.3 Å². The van der Waals surface area contributed by atoms with Gasteiger partial charge in [0.1, 0.15) is 13.3 Å². The molecule has 4 heteroatoms. The first kappa shape index (κ1) is 14.6. The summed E-state index contributed by atoms with van der Waals surface area (Å²) in [5, 5.41) is 0. The highest BCUT2D eigenvalue weighted by Gasteiger charge is 2.31. The van der Waals surface area contributed by atoms with Crippen molar-refractivity contribution in [3.05, 3.63) is 47.2 Å². The van der Waals surface area contributed by atoms with Crippen molar-refractivity contribution < 1.29 is 18.8 Å². The molecule has 1 aromatic carbocycles. The fraction of sp³-hybridized carbons (Fsp3) is 0.333. The van der Waals surface area contributed by atoms with Gasteiger partial charge in [-0.15, -0.1) is 0 Å². The second kappa shape index (κ2) is 5.79. The minimum atomic E-state index is -0.0942. The van der Waals surface area contributed by atoms with Crippen LogP contribution >= 0.6 is 0 Å². The van der Waals surface area contributed by atoms with Crippen LogP contribution in [0, 0.1) is 5.92 Å². The summed E-state index contributed by atoms with van der Waals surface area (Å²) in [6, 6.07) is 3.72. The summed E-state index contributed by atoms with van der Waals surface area (Å²) < 4.78 is 12.6. The Morgan fingerprint density at radius 2 is 1.95 bits per heavy atom. The van der Waals surface area contributed by atoms with Crippen LogP contribution in [0.1, 0.15) is 22.3 Å². The summed E-state index contributed by atoms with van der Waals surface area (Å²) in [5.74, 6) is 1.35. The number of benzene rings is 1. The molecule has 1 aliphatic carbocycles. The van der Waals surface area contributed by atoms with E-state index in [0.717, 1.165) is 24.0 Å². The molecule has 4 nitrogen and oxygen atoms in total. The molecule has 0 aromatic heterocycles. The first-order valence-electron chi connectivity index (χ1n) is 7.35. The van der Waals surface area contributed by atoms with Crippen molar-refractivity contribution in [3.8, 4) is 11.5 Å². The second-order valence-electron chi connectivity index (χ2n) is 5.65.